The van der Waals surface area contributed by atoms with Gasteiger partial charge in [0.25, 0.3) is 0 Å². The Labute approximate surface area is 301 Å². The van der Waals surface area contributed by atoms with E-state index >= 15 is 0 Å². The SMILES string of the molecule is B1c2cccc3c2N(c2ccccc2S3)c2cc(N(c3ccccc3)c3ccccc3)cc(-c3cccc4c3[nH]c3cc5ccccc5cc34)c21. The molecule has 0 saturated heterocycles. The van der Waals surface area contributed by atoms with Crippen LogP contribution in [0.5, 0.6) is 0 Å². The summed E-state index contributed by atoms with van der Waals surface area (Å²) in [5, 5.41) is 5.00. The van der Waals surface area contributed by atoms with Gasteiger partial charge in [-0.2, -0.15) is 0 Å². The maximum atomic E-state index is 3.91. The van der Waals surface area contributed by atoms with E-state index < -0.39 is 0 Å². The predicted octanol–water partition coefficient (Wildman–Crippen LogP) is 11.2. The molecule has 0 radical (unpaired) electrons. The van der Waals surface area contributed by atoms with Crippen molar-refractivity contribution in [3.8, 4) is 11.1 Å². The molecule has 0 amide bonds. The number of aromatic amines is 1. The molecule has 11 rings (SSSR count). The van der Waals surface area contributed by atoms with E-state index in [-0.39, 0.29) is 0 Å². The van der Waals surface area contributed by atoms with Crippen molar-refractivity contribution in [3.05, 3.63) is 170 Å². The molecule has 0 spiro atoms. The summed E-state index contributed by atoms with van der Waals surface area (Å²) in [6.07, 6.45) is 0. The molecule has 0 bridgehead atoms. The Balaban J connectivity index is 1.24. The molecule has 2 aliphatic heterocycles. The molecule has 0 aliphatic carbocycles. The highest BCUT2D eigenvalue weighted by Gasteiger charge is 2.35. The third kappa shape index (κ3) is 4.41. The van der Waals surface area contributed by atoms with E-state index in [9.17, 15) is 0 Å². The minimum atomic E-state index is 0.852. The standard InChI is InChI=1S/C46H30BN3S/c1-3-15-31(16-4-1)49(32-17-5-2-6-18-32)33-27-37(35-20-11-19-34-36-25-29-13-7-8-14-30(29)26-39(36)48-45(34)35)44-41(28-33)50-40-22-9-10-23-42(40)51-43-24-12-21-38(47-44)46(43)50/h1-28,47-48H. The molecule has 8 aromatic carbocycles. The zero-order valence-electron chi connectivity index (χ0n) is 27.7. The lowest BCUT2D eigenvalue weighted by atomic mass is 9.58. The van der Waals surface area contributed by atoms with E-state index in [0.717, 1.165) is 29.9 Å². The second-order valence-corrected chi connectivity index (χ2v) is 14.5. The van der Waals surface area contributed by atoms with Crippen molar-refractivity contribution in [3.63, 3.8) is 0 Å². The summed E-state index contributed by atoms with van der Waals surface area (Å²) in [6, 6.07) is 62.1. The highest BCUT2D eigenvalue weighted by molar-refractivity contribution is 7.99. The topological polar surface area (TPSA) is 22.3 Å². The van der Waals surface area contributed by atoms with Crippen molar-refractivity contribution in [2.75, 3.05) is 9.80 Å². The molecular formula is C46H30BN3S. The zero-order valence-corrected chi connectivity index (χ0v) is 28.5. The monoisotopic (exact) mass is 667 g/mol. The highest BCUT2D eigenvalue weighted by atomic mass is 32.2. The summed E-state index contributed by atoms with van der Waals surface area (Å²) >= 11 is 1.88. The average molecular weight is 668 g/mol. The molecule has 9 aromatic rings. The van der Waals surface area contributed by atoms with Crippen molar-refractivity contribution in [2.24, 2.45) is 0 Å². The van der Waals surface area contributed by atoms with Crippen LogP contribution >= 0.6 is 11.8 Å². The molecular weight excluding hydrogens is 637 g/mol. The van der Waals surface area contributed by atoms with Crippen LogP contribution in [-0.4, -0.2) is 12.3 Å². The third-order valence-electron chi connectivity index (χ3n) is 10.5. The Morgan fingerprint density at radius 1 is 0.510 bits per heavy atom. The van der Waals surface area contributed by atoms with Crippen molar-refractivity contribution >= 4 is 96.7 Å². The van der Waals surface area contributed by atoms with Crippen LogP contribution in [0.4, 0.5) is 34.1 Å². The number of para-hydroxylation sites is 5. The van der Waals surface area contributed by atoms with Crippen LogP contribution in [0.15, 0.2) is 180 Å². The third-order valence-corrected chi connectivity index (χ3v) is 11.6. The number of hydrogen-bond donors (Lipinski definition) is 1. The highest BCUT2D eigenvalue weighted by Crippen LogP contribution is 2.53. The first kappa shape index (κ1) is 28.7. The molecule has 3 nitrogen and oxygen atoms in total. The van der Waals surface area contributed by atoms with Gasteiger partial charge in [0.15, 0.2) is 7.28 Å². The quantitative estimate of drug-likeness (QED) is 0.189. The van der Waals surface area contributed by atoms with Crippen molar-refractivity contribution < 1.29 is 0 Å². The smallest absolute Gasteiger partial charge is 0.198 e. The number of fused-ring (bicyclic) bond motifs is 8. The summed E-state index contributed by atoms with van der Waals surface area (Å²) < 4.78 is 0. The fourth-order valence-corrected chi connectivity index (χ4v) is 9.40. The van der Waals surface area contributed by atoms with Crippen LogP contribution in [0.2, 0.25) is 0 Å². The molecule has 51 heavy (non-hydrogen) atoms. The van der Waals surface area contributed by atoms with Crippen LogP contribution in [0.1, 0.15) is 0 Å². The molecule has 3 heterocycles. The lowest BCUT2D eigenvalue weighted by Gasteiger charge is -2.40. The zero-order chi connectivity index (χ0) is 33.5. The van der Waals surface area contributed by atoms with Gasteiger partial charge in [0.1, 0.15) is 0 Å². The van der Waals surface area contributed by atoms with Crippen LogP contribution in [0.3, 0.4) is 0 Å². The van der Waals surface area contributed by atoms with Gasteiger partial charge in [0, 0.05) is 54.4 Å². The van der Waals surface area contributed by atoms with Crippen LogP contribution in [0, 0.1) is 0 Å². The van der Waals surface area contributed by atoms with Gasteiger partial charge in [-0.05, 0) is 88.5 Å². The fourth-order valence-electron chi connectivity index (χ4n) is 8.29. The normalized spacial score (nSPS) is 12.7. The van der Waals surface area contributed by atoms with Gasteiger partial charge < -0.3 is 14.8 Å². The lowest BCUT2D eigenvalue weighted by molar-refractivity contribution is 1.17. The van der Waals surface area contributed by atoms with Gasteiger partial charge in [0.05, 0.1) is 16.9 Å². The summed E-state index contributed by atoms with van der Waals surface area (Å²) in [7, 11) is 0.852. The van der Waals surface area contributed by atoms with Crippen molar-refractivity contribution in [1.29, 1.82) is 0 Å². The summed E-state index contributed by atoms with van der Waals surface area (Å²) in [5.74, 6) is 0. The minimum absolute atomic E-state index is 0.852. The number of rotatable bonds is 4. The summed E-state index contributed by atoms with van der Waals surface area (Å²) in [5.41, 5.74) is 14.6. The molecule has 0 unspecified atom stereocenters. The Hall–Kier alpha value is -6.17. The molecule has 238 valence electrons. The Morgan fingerprint density at radius 2 is 1.20 bits per heavy atom. The number of H-pyrrole nitrogens is 1. The molecule has 1 N–H and O–H groups in total. The van der Waals surface area contributed by atoms with Gasteiger partial charge in [-0.25, -0.2) is 0 Å². The van der Waals surface area contributed by atoms with E-state index in [4.69, 9.17) is 0 Å². The maximum absolute atomic E-state index is 3.91. The van der Waals surface area contributed by atoms with Crippen molar-refractivity contribution in [1.82, 2.24) is 4.98 Å². The Bertz CT molecular complexity index is 2790. The van der Waals surface area contributed by atoms with E-state index in [1.807, 2.05) is 11.8 Å². The largest absolute Gasteiger partial charge is 0.354 e. The lowest BCUT2D eigenvalue weighted by Crippen LogP contribution is -2.42. The number of nitrogens with zero attached hydrogens (tertiary/aromatic N) is 2. The first-order valence-corrected chi connectivity index (χ1v) is 18.3. The molecule has 5 heteroatoms. The molecule has 2 aliphatic rings. The first-order chi connectivity index (χ1) is 25.3. The molecule has 0 atom stereocenters. The van der Waals surface area contributed by atoms with Crippen LogP contribution in [0.25, 0.3) is 43.7 Å². The molecule has 0 fully saturated rings. The van der Waals surface area contributed by atoms with Gasteiger partial charge in [-0.3, -0.25) is 0 Å². The number of anilines is 6. The molecule has 0 saturated carbocycles. The Kier molecular flexibility index (Phi) is 6.28. The number of nitrogens with one attached hydrogen (secondary N) is 1. The van der Waals surface area contributed by atoms with Gasteiger partial charge in [0.2, 0.25) is 0 Å². The van der Waals surface area contributed by atoms with E-state index in [1.54, 1.807) is 0 Å². The van der Waals surface area contributed by atoms with Gasteiger partial charge >= 0.3 is 0 Å². The summed E-state index contributed by atoms with van der Waals surface area (Å²) in [4.78, 5) is 11.4. The fraction of sp³-hybridized carbons (Fsp3) is 0. The van der Waals surface area contributed by atoms with Crippen molar-refractivity contribution in [2.45, 2.75) is 9.79 Å². The van der Waals surface area contributed by atoms with Crippen LogP contribution < -0.4 is 20.7 Å². The number of hydrogen-bond acceptors (Lipinski definition) is 3. The number of aromatic nitrogens is 1. The van der Waals surface area contributed by atoms with E-state index in [2.05, 4.69) is 185 Å². The molecule has 1 aromatic heterocycles. The van der Waals surface area contributed by atoms with E-state index in [1.165, 1.54) is 76.0 Å². The Morgan fingerprint density at radius 3 is 2.00 bits per heavy atom. The second kappa shape index (κ2) is 11.2. The maximum Gasteiger partial charge on any atom is 0.198 e. The van der Waals surface area contributed by atoms with Crippen LogP contribution in [-0.2, 0) is 0 Å². The first-order valence-electron chi connectivity index (χ1n) is 17.5. The summed E-state index contributed by atoms with van der Waals surface area (Å²) in [6.45, 7) is 0. The minimum Gasteiger partial charge on any atom is -0.354 e. The van der Waals surface area contributed by atoms with E-state index in [0.29, 0.717) is 0 Å². The number of benzene rings is 8. The second-order valence-electron chi connectivity index (χ2n) is 13.4. The predicted molar refractivity (Wildman–Crippen MR) is 219 cm³/mol. The van der Waals surface area contributed by atoms with Gasteiger partial charge in [-0.15, -0.1) is 0 Å². The average Bonchev–Trinajstić information content (AvgIpc) is 3.55. The van der Waals surface area contributed by atoms with Gasteiger partial charge in [-0.1, -0.05) is 120 Å².